The van der Waals surface area contributed by atoms with Crippen molar-refractivity contribution in [1.29, 1.82) is 0 Å². The summed E-state index contributed by atoms with van der Waals surface area (Å²) < 4.78 is 11.4. The Morgan fingerprint density at radius 3 is 2.78 bits per heavy atom. The van der Waals surface area contributed by atoms with Crippen molar-refractivity contribution in [2.24, 2.45) is 0 Å². The van der Waals surface area contributed by atoms with Gasteiger partial charge in [-0.05, 0) is 24.3 Å². The zero-order valence-electron chi connectivity index (χ0n) is 11.6. The first kappa shape index (κ1) is 14.6. The number of nitrogens with one attached hydrogen (secondary N) is 1. The zero-order chi connectivity index (χ0) is 16.0. The van der Waals surface area contributed by atoms with Crippen LogP contribution in [-0.4, -0.2) is 12.7 Å². The molecule has 4 rings (SSSR count). The molecule has 0 saturated carbocycles. The van der Waals surface area contributed by atoms with Crippen molar-refractivity contribution >= 4 is 56.2 Å². The summed E-state index contributed by atoms with van der Waals surface area (Å²) in [5.74, 6) is 1.00. The Labute approximate surface area is 145 Å². The van der Waals surface area contributed by atoms with Crippen LogP contribution in [-0.2, 0) is 0 Å². The van der Waals surface area contributed by atoms with Crippen LogP contribution in [0.25, 0.3) is 10.1 Å². The number of anilines is 1. The molecule has 0 unspecified atom stereocenters. The van der Waals surface area contributed by atoms with Crippen LogP contribution in [0.5, 0.6) is 11.5 Å². The standard InChI is InChI=1S/C16H9Cl2NO3S/c17-8-1-3-10-13(5-8)23-15(14(10)18)16(20)19-9-2-4-11-12(6-9)22-7-21-11/h1-6H,7H2,(H,19,20). The van der Waals surface area contributed by atoms with Crippen molar-refractivity contribution in [2.75, 3.05) is 12.1 Å². The number of carbonyl (C=O) groups is 1. The van der Waals surface area contributed by atoms with Crippen LogP contribution in [0.15, 0.2) is 36.4 Å². The number of halogens is 2. The van der Waals surface area contributed by atoms with Gasteiger partial charge in [-0.1, -0.05) is 29.3 Å². The minimum Gasteiger partial charge on any atom is -0.454 e. The SMILES string of the molecule is O=C(Nc1ccc2c(c1)OCO2)c1sc2cc(Cl)ccc2c1Cl. The molecule has 0 spiro atoms. The Morgan fingerprint density at radius 2 is 1.91 bits per heavy atom. The highest BCUT2D eigenvalue weighted by Gasteiger charge is 2.19. The summed E-state index contributed by atoms with van der Waals surface area (Å²) in [6.45, 7) is 0.190. The normalized spacial score (nSPS) is 12.6. The summed E-state index contributed by atoms with van der Waals surface area (Å²) in [4.78, 5) is 12.9. The van der Waals surface area contributed by atoms with Crippen molar-refractivity contribution < 1.29 is 14.3 Å². The van der Waals surface area contributed by atoms with Crippen LogP contribution in [0.2, 0.25) is 10.0 Å². The maximum atomic E-state index is 12.5. The van der Waals surface area contributed by atoms with Gasteiger partial charge in [-0.2, -0.15) is 0 Å². The average Bonchev–Trinajstić information content (AvgIpc) is 3.11. The number of benzene rings is 2. The molecule has 2 heterocycles. The van der Waals surface area contributed by atoms with Gasteiger partial charge in [0.05, 0.1) is 5.02 Å². The summed E-state index contributed by atoms with van der Waals surface area (Å²) in [5.41, 5.74) is 0.616. The third-order valence-corrected chi connectivity index (χ3v) is 5.32. The monoisotopic (exact) mass is 365 g/mol. The van der Waals surface area contributed by atoms with Gasteiger partial charge in [-0.3, -0.25) is 4.79 Å². The molecule has 0 bridgehead atoms. The van der Waals surface area contributed by atoms with Gasteiger partial charge in [0.1, 0.15) is 4.88 Å². The van der Waals surface area contributed by atoms with E-state index in [1.165, 1.54) is 11.3 Å². The molecule has 1 aliphatic heterocycles. The first-order valence-electron chi connectivity index (χ1n) is 6.70. The largest absolute Gasteiger partial charge is 0.454 e. The molecule has 0 saturated heterocycles. The molecule has 0 fully saturated rings. The van der Waals surface area contributed by atoms with E-state index < -0.39 is 0 Å². The van der Waals surface area contributed by atoms with Gasteiger partial charge in [0.2, 0.25) is 6.79 Å². The number of carbonyl (C=O) groups excluding carboxylic acids is 1. The average molecular weight is 366 g/mol. The van der Waals surface area contributed by atoms with E-state index in [1.54, 1.807) is 30.3 Å². The molecule has 116 valence electrons. The number of fused-ring (bicyclic) bond motifs is 2. The number of thiophene rings is 1. The molecule has 23 heavy (non-hydrogen) atoms. The number of hydrogen-bond donors (Lipinski definition) is 1. The van der Waals surface area contributed by atoms with Gasteiger partial charge in [0.25, 0.3) is 5.91 Å². The second-order valence-corrected chi connectivity index (χ2v) is 6.77. The minimum atomic E-state index is -0.272. The maximum absolute atomic E-state index is 12.5. The van der Waals surface area contributed by atoms with Crippen LogP contribution >= 0.6 is 34.5 Å². The van der Waals surface area contributed by atoms with Crippen molar-refractivity contribution in [3.63, 3.8) is 0 Å². The Morgan fingerprint density at radius 1 is 1.09 bits per heavy atom. The lowest BCUT2D eigenvalue weighted by Crippen LogP contribution is -2.10. The Kier molecular flexibility index (Phi) is 3.56. The molecule has 1 amide bonds. The van der Waals surface area contributed by atoms with Crippen molar-refractivity contribution in [2.45, 2.75) is 0 Å². The van der Waals surface area contributed by atoms with E-state index in [1.807, 2.05) is 6.07 Å². The first-order valence-corrected chi connectivity index (χ1v) is 8.27. The molecule has 0 radical (unpaired) electrons. The molecular formula is C16H9Cl2NO3S. The molecule has 4 nitrogen and oxygen atoms in total. The van der Waals surface area contributed by atoms with E-state index in [-0.39, 0.29) is 12.7 Å². The fourth-order valence-electron chi connectivity index (χ4n) is 2.35. The molecular weight excluding hydrogens is 357 g/mol. The van der Waals surface area contributed by atoms with Crippen molar-refractivity contribution in [3.8, 4) is 11.5 Å². The van der Waals surface area contributed by atoms with E-state index in [2.05, 4.69) is 5.32 Å². The van der Waals surface area contributed by atoms with E-state index in [0.29, 0.717) is 32.1 Å². The van der Waals surface area contributed by atoms with Gasteiger partial charge in [-0.15, -0.1) is 11.3 Å². The van der Waals surface area contributed by atoms with Crippen LogP contribution in [0, 0.1) is 0 Å². The third kappa shape index (κ3) is 2.61. The van der Waals surface area contributed by atoms with Gasteiger partial charge < -0.3 is 14.8 Å². The van der Waals surface area contributed by atoms with E-state index in [9.17, 15) is 4.79 Å². The highest BCUT2D eigenvalue weighted by atomic mass is 35.5. The van der Waals surface area contributed by atoms with E-state index in [0.717, 1.165) is 10.1 Å². The van der Waals surface area contributed by atoms with E-state index >= 15 is 0 Å². The fraction of sp³-hybridized carbons (Fsp3) is 0.0625. The molecule has 1 aromatic heterocycles. The highest BCUT2D eigenvalue weighted by Crippen LogP contribution is 2.38. The number of rotatable bonds is 2. The fourth-order valence-corrected chi connectivity index (χ4v) is 4.04. The molecule has 0 atom stereocenters. The van der Waals surface area contributed by atoms with Gasteiger partial charge in [-0.25, -0.2) is 0 Å². The van der Waals surface area contributed by atoms with E-state index in [4.69, 9.17) is 32.7 Å². The Balaban J connectivity index is 1.65. The molecule has 3 aromatic rings. The topological polar surface area (TPSA) is 47.6 Å². The van der Waals surface area contributed by atoms with Gasteiger partial charge in [0, 0.05) is 26.9 Å². The molecule has 1 N–H and O–H groups in total. The quantitative estimate of drug-likeness (QED) is 0.679. The van der Waals surface area contributed by atoms with Gasteiger partial charge >= 0.3 is 0 Å². The molecule has 2 aromatic carbocycles. The molecule has 1 aliphatic rings. The van der Waals surface area contributed by atoms with Crippen LogP contribution in [0.1, 0.15) is 9.67 Å². The summed E-state index contributed by atoms with van der Waals surface area (Å²) in [5, 5.41) is 4.68. The maximum Gasteiger partial charge on any atom is 0.267 e. The number of hydrogen-bond acceptors (Lipinski definition) is 4. The van der Waals surface area contributed by atoms with Crippen molar-refractivity contribution in [1.82, 2.24) is 0 Å². The second kappa shape index (κ2) is 5.60. The smallest absolute Gasteiger partial charge is 0.267 e. The summed E-state index contributed by atoms with van der Waals surface area (Å²) in [7, 11) is 0. The predicted molar refractivity (Wildman–Crippen MR) is 92.4 cm³/mol. The molecule has 7 heteroatoms. The summed E-state index contributed by atoms with van der Waals surface area (Å²) in [6, 6.07) is 10.6. The third-order valence-electron chi connectivity index (χ3n) is 3.43. The van der Waals surface area contributed by atoms with Crippen LogP contribution in [0.4, 0.5) is 5.69 Å². The van der Waals surface area contributed by atoms with Crippen LogP contribution in [0.3, 0.4) is 0 Å². The lowest BCUT2D eigenvalue weighted by atomic mass is 10.2. The highest BCUT2D eigenvalue weighted by molar-refractivity contribution is 7.21. The predicted octanol–water partition coefficient (Wildman–Crippen LogP) is 5.19. The summed E-state index contributed by atoms with van der Waals surface area (Å²) in [6.07, 6.45) is 0. The Bertz CT molecular complexity index is 938. The molecule has 0 aliphatic carbocycles. The number of ether oxygens (including phenoxy) is 2. The minimum absolute atomic E-state index is 0.190. The Hall–Kier alpha value is -1.95. The lowest BCUT2D eigenvalue weighted by Gasteiger charge is -2.05. The van der Waals surface area contributed by atoms with Gasteiger partial charge in [0.15, 0.2) is 11.5 Å². The number of amides is 1. The van der Waals surface area contributed by atoms with Crippen molar-refractivity contribution in [3.05, 3.63) is 51.3 Å². The summed E-state index contributed by atoms with van der Waals surface area (Å²) >= 11 is 13.6. The second-order valence-electron chi connectivity index (χ2n) is 4.91. The van der Waals surface area contributed by atoms with Crippen LogP contribution < -0.4 is 14.8 Å². The lowest BCUT2D eigenvalue weighted by molar-refractivity contribution is 0.103. The first-order chi connectivity index (χ1) is 11.1. The zero-order valence-corrected chi connectivity index (χ0v) is 13.9.